The lowest BCUT2D eigenvalue weighted by Crippen LogP contribution is -2.20. The zero-order chi connectivity index (χ0) is 21.8. The molecule has 0 bridgehead atoms. The Morgan fingerprint density at radius 3 is 1.87 bits per heavy atom. The van der Waals surface area contributed by atoms with E-state index in [4.69, 9.17) is 0 Å². The summed E-state index contributed by atoms with van der Waals surface area (Å²) < 4.78 is 0. The summed E-state index contributed by atoms with van der Waals surface area (Å²) >= 11 is 0. The Hall–Kier alpha value is -3.14. The van der Waals surface area contributed by atoms with E-state index in [2.05, 4.69) is 69.3 Å². The molecule has 1 aliphatic carbocycles. The molecule has 0 heterocycles. The van der Waals surface area contributed by atoms with Gasteiger partial charge < -0.3 is 10.0 Å². The van der Waals surface area contributed by atoms with Crippen molar-refractivity contribution in [2.45, 2.75) is 26.2 Å². The summed E-state index contributed by atoms with van der Waals surface area (Å²) in [4.78, 5) is 0. The van der Waals surface area contributed by atoms with Crippen LogP contribution in [-0.4, -0.2) is 17.2 Å². The normalized spacial score (nSPS) is 15.6. The van der Waals surface area contributed by atoms with Gasteiger partial charge in [0.05, 0.1) is 0 Å². The van der Waals surface area contributed by atoms with Crippen molar-refractivity contribution in [1.29, 1.82) is 0 Å². The first-order chi connectivity index (χ1) is 14.9. The molecule has 4 aromatic rings. The zero-order valence-corrected chi connectivity index (χ0v) is 18.1. The van der Waals surface area contributed by atoms with Crippen molar-refractivity contribution in [2.24, 2.45) is 0 Å². The van der Waals surface area contributed by atoms with Gasteiger partial charge >= 0.3 is 7.12 Å². The second kappa shape index (κ2) is 7.23. The van der Waals surface area contributed by atoms with E-state index in [1.807, 2.05) is 36.4 Å². The first kappa shape index (κ1) is 19.8. The molecule has 152 valence electrons. The molecule has 0 atom stereocenters. The molecule has 0 radical (unpaired) electrons. The highest BCUT2D eigenvalue weighted by Crippen LogP contribution is 2.53. The van der Waals surface area contributed by atoms with E-state index >= 15 is 0 Å². The summed E-state index contributed by atoms with van der Waals surface area (Å²) in [6.45, 7) is 6.64. The van der Waals surface area contributed by atoms with E-state index < -0.39 is 7.12 Å². The van der Waals surface area contributed by atoms with Gasteiger partial charge in [0.15, 0.2) is 0 Å². The minimum atomic E-state index is -1.55. The topological polar surface area (TPSA) is 40.5 Å². The predicted molar refractivity (Wildman–Crippen MR) is 132 cm³/mol. The summed E-state index contributed by atoms with van der Waals surface area (Å²) in [5.41, 5.74) is 5.95. The third kappa shape index (κ3) is 2.96. The standard InChI is InChI=1S/C28H25BO2/c1-18-24(17-25(29(30)31)19-11-5-4-6-12-19)28(2,3)27-23-16-10-8-14-21(23)20-13-7-9-15-22(20)26(18)27/h4-17,30-31H,1-3H3/b25-17+. The zero-order valence-electron chi connectivity index (χ0n) is 18.1. The molecule has 3 heteroatoms. The van der Waals surface area contributed by atoms with Crippen molar-refractivity contribution in [1.82, 2.24) is 0 Å². The Morgan fingerprint density at radius 1 is 0.742 bits per heavy atom. The smallest absolute Gasteiger partial charge is 0.423 e. The Morgan fingerprint density at radius 2 is 1.26 bits per heavy atom. The van der Waals surface area contributed by atoms with Gasteiger partial charge in [-0.25, -0.2) is 0 Å². The minimum absolute atomic E-state index is 0.280. The molecule has 1 aliphatic rings. The average Bonchev–Trinajstić information content (AvgIpc) is 2.98. The van der Waals surface area contributed by atoms with Crippen molar-refractivity contribution in [3.05, 3.63) is 107 Å². The number of allylic oxidation sites excluding steroid dienone is 3. The van der Waals surface area contributed by atoms with Crippen LogP contribution in [-0.2, 0) is 5.41 Å². The van der Waals surface area contributed by atoms with Gasteiger partial charge in [-0.2, -0.15) is 0 Å². The van der Waals surface area contributed by atoms with Crippen LogP contribution < -0.4 is 0 Å². The lowest BCUT2D eigenvalue weighted by atomic mass is 9.71. The molecule has 0 fully saturated rings. The van der Waals surface area contributed by atoms with E-state index in [0.29, 0.717) is 5.47 Å². The van der Waals surface area contributed by atoms with Crippen LogP contribution in [0.3, 0.4) is 0 Å². The second-order valence-corrected chi connectivity index (χ2v) is 8.84. The Kier molecular flexibility index (Phi) is 4.62. The van der Waals surface area contributed by atoms with Crippen molar-refractivity contribution >= 4 is 39.7 Å². The van der Waals surface area contributed by atoms with Gasteiger partial charge in [0.25, 0.3) is 0 Å². The molecule has 5 rings (SSSR count). The van der Waals surface area contributed by atoms with Crippen LogP contribution >= 0.6 is 0 Å². The van der Waals surface area contributed by atoms with Crippen molar-refractivity contribution in [3.63, 3.8) is 0 Å². The van der Waals surface area contributed by atoms with Crippen LogP contribution in [0.25, 0.3) is 32.6 Å². The molecule has 4 aromatic carbocycles. The Bertz CT molecular complexity index is 1380. The molecule has 0 unspecified atom stereocenters. The molecule has 31 heavy (non-hydrogen) atoms. The summed E-state index contributed by atoms with van der Waals surface area (Å²) in [7, 11) is -1.55. The van der Waals surface area contributed by atoms with Crippen LogP contribution in [0.4, 0.5) is 0 Å². The molecule has 0 aromatic heterocycles. The van der Waals surface area contributed by atoms with Crippen LogP contribution in [0.2, 0.25) is 0 Å². The van der Waals surface area contributed by atoms with Gasteiger partial charge in [-0.05, 0) is 61.8 Å². The van der Waals surface area contributed by atoms with Gasteiger partial charge in [0, 0.05) is 5.41 Å². The lowest BCUT2D eigenvalue weighted by Gasteiger charge is -2.26. The first-order valence-corrected chi connectivity index (χ1v) is 10.7. The number of benzene rings is 4. The van der Waals surface area contributed by atoms with Crippen LogP contribution in [0.5, 0.6) is 0 Å². The summed E-state index contributed by atoms with van der Waals surface area (Å²) in [5.74, 6) is 0. The van der Waals surface area contributed by atoms with Gasteiger partial charge in [0.1, 0.15) is 0 Å². The second-order valence-electron chi connectivity index (χ2n) is 8.84. The molecule has 0 aliphatic heterocycles. The van der Waals surface area contributed by atoms with Crippen LogP contribution in [0.15, 0.2) is 90.5 Å². The van der Waals surface area contributed by atoms with Gasteiger partial charge in [-0.1, -0.05) is 98.8 Å². The molecule has 2 nitrogen and oxygen atoms in total. The highest BCUT2D eigenvalue weighted by atomic mass is 16.4. The number of hydrogen-bond acceptors (Lipinski definition) is 2. The molecule has 0 saturated heterocycles. The Labute approximate surface area is 183 Å². The van der Waals surface area contributed by atoms with Gasteiger partial charge in [-0.15, -0.1) is 0 Å². The quantitative estimate of drug-likeness (QED) is 0.317. The molecule has 0 spiro atoms. The third-order valence-electron chi connectivity index (χ3n) is 6.70. The fourth-order valence-electron chi connectivity index (χ4n) is 5.30. The van der Waals surface area contributed by atoms with E-state index in [-0.39, 0.29) is 5.41 Å². The highest BCUT2D eigenvalue weighted by Gasteiger charge is 2.38. The molecular formula is C28H25BO2. The van der Waals surface area contributed by atoms with Crippen molar-refractivity contribution in [2.75, 3.05) is 0 Å². The van der Waals surface area contributed by atoms with Gasteiger partial charge in [0.2, 0.25) is 0 Å². The molecule has 0 saturated carbocycles. The van der Waals surface area contributed by atoms with Crippen LogP contribution in [0, 0.1) is 0 Å². The molecule has 2 N–H and O–H groups in total. The highest BCUT2D eigenvalue weighted by molar-refractivity contribution is 6.66. The summed E-state index contributed by atoms with van der Waals surface area (Å²) in [6.07, 6.45) is 1.98. The summed E-state index contributed by atoms with van der Waals surface area (Å²) in [5, 5.41) is 25.4. The number of fused-ring (bicyclic) bond motifs is 6. The largest absolute Gasteiger partial charge is 0.489 e. The number of rotatable bonds is 3. The van der Waals surface area contributed by atoms with Crippen molar-refractivity contribution < 1.29 is 10.0 Å². The molecular weight excluding hydrogens is 379 g/mol. The average molecular weight is 404 g/mol. The maximum Gasteiger partial charge on any atom is 0.489 e. The maximum absolute atomic E-state index is 10.2. The Balaban J connectivity index is 1.85. The summed E-state index contributed by atoms with van der Waals surface area (Å²) in [6, 6.07) is 26.8. The SMILES string of the molecule is CC1=C(/C=C(/B(O)O)c2ccccc2)C(C)(C)c2c1c1ccccc1c1ccccc21. The minimum Gasteiger partial charge on any atom is -0.423 e. The van der Waals surface area contributed by atoms with E-state index in [9.17, 15) is 10.0 Å². The lowest BCUT2D eigenvalue weighted by molar-refractivity contribution is 0.427. The molecule has 0 amide bonds. The van der Waals surface area contributed by atoms with Crippen molar-refractivity contribution in [3.8, 4) is 0 Å². The first-order valence-electron chi connectivity index (χ1n) is 10.7. The fraction of sp³-hybridized carbons (Fsp3) is 0.143. The maximum atomic E-state index is 10.2. The van der Waals surface area contributed by atoms with E-state index in [0.717, 1.165) is 11.1 Å². The monoisotopic (exact) mass is 404 g/mol. The number of hydrogen-bond donors (Lipinski definition) is 2. The fourth-order valence-corrected chi connectivity index (χ4v) is 5.30. The predicted octanol–water partition coefficient (Wildman–Crippen LogP) is 6.15. The van der Waals surface area contributed by atoms with Crippen LogP contribution in [0.1, 0.15) is 37.5 Å². The van der Waals surface area contributed by atoms with E-state index in [1.165, 1.54) is 38.2 Å². The van der Waals surface area contributed by atoms with Gasteiger partial charge in [-0.3, -0.25) is 0 Å². The third-order valence-corrected chi connectivity index (χ3v) is 6.70. The van der Waals surface area contributed by atoms with E-state index in [1.54, 1.807) is 0 Å².